The first kappa shape index (κ1) is 37.6. The lowest BCUT2D eigenvalue weighted by molar-refractivity contribution is -0.383. The van der Waals surface area contributed by atoms with Gasteiger partial charge >= 0.3 is 0 Å². The van der Waals surface area contributed by atoms with Crippen LogP contribution in [0.15, 0.2) is 53.4 Å². The number of nitro groups is 1. The van der Waals surface area contributed by atoms with Gasteiger partial charge in [-0.05, 0) is 80.7 Å². The summed E-state index contributed by atoms with van der Waals surface area (Å²) in [6, 6.07) is 12.2. The van der Waals surface area contributed by atoms with Gasteiger partial charge in [-0.1, -0.05) is 6.07 Å². The molecule has 2 aliphatic rings. The Bertz CT molecular complexity index is 2200. The van der Waals surface area contributed by atoms with E-state index >= 15 is 0 Å². The highest BCUT2D eigenvalue weighted by Crippen LogP contribution is 2.46. The Morgan fingerprint density at radius 3 is 2.60 bits per heavy atom. The normalized spacial score (nSPS) is 18.0. The number of nitrogens with zero attached hydrogens (tertiary/aromatic N) is 3. The summed E-state index contributed by atoms with van der Waals surface area (Å²) in [5.74, 6) is -0.608. The van der Waals surface area contributed by atoms with Crippen molar-refractivity contribution in [2.45, 2.75) is 36.4 Å². The molecular formula is C34H41N5O11S2. The molecule has 0 radical (unpaired) electrons. The Morgan fingerprint density at radius 1 is 1.08 bits per heavy atom. The number of rotatable bonds is 15. The summed E-state index contributed by atoms with van der Waals surface area (Å²) in [4.78, 5) is 32.2. The van der Waals surface area contributed by atoms with Crippen molar-refractivity contribution < 1.29 is 44.9 Å². The average molecular weight is 760 g/mol. The number of hydrogen-bond donors (Lipinski definition) is 2. The zero-order chi connectivity index (χ0) is 37.2. The summed E-state index contributed by atoms with van der Waals surface area (Å²) >= 11 is 0. The highest BCUT2D eigenvalue weighted by molar-refractivity contribution is 7.89. The molecule has 1 fully saturated rings. The lowest BCUT2D eigenvalue weighted by atomic mass is 9.94. The van der Waals surface area contributed by atoms with Crippen LogP contribution in [0.5, 0.6) is 5.75 Å². The lowest BCUT2D eigenvalue weighted by Crippen LogP contribution is -2.31. The number of likely N-dealkylation sites (N-methyl/N-ethyl adjacent to an activating group) is 1. The number of H-pyrrole nitrogens is 1. The van der Waals surface area contributed by atoms with Crippen molar-refractivity contribution in [3.63, 3.8) is 0 Å². The number of aromatic nitrogens is 1. The molecular weight excluding hydrogens is 719 g/mol. The summed E-state index contributed by atoms with van der Waals surface area (Å²) in [6.07, 6.45) is 3.14. The molecule has 1 saturated heterocycles. The topological polar surface area (TPSA) is 200 Å². The number of carbonyl (C=O) groups is 1. The summed E-state index contributed by atoms with van der Waals surface area (Å²) in [5.41, 5.74) is 1.05. The second kappa shape index (κ2) is 15.4. The van der Waals surface area contributed by atoms with Crippen LogP contribution in [0.25, 0.3) is 21.7 Å². The van der Waals surface area contributed by atoms with E-state index in [0.717, 1.165) is 25.5 Å². The quantitative estimate of drug-likeness (QED) is 0.0772. The van der Waals surface area contributed by atoms with E-state index in [-0.39, 0.29) is 53.4 Å². The molecule has 0 saturated carbocycles. The Labute approximate surface area is 301 Å². The maximum absolute atomic E-state index is 14.1. The molecule has 0 bridgehead atoms. The molecule has 2 atom stereocenters. The molecule has 0 aliphatic carbocycles. The van der Waals surface area contributed by atoms with Crippen molar-refractivity contribution in [3.05, 3.63) is 69.9 Å². The minimum absolute atomic E-state index is 0.00421. The van der Waals surface area contributed by atoms with Gasteiger partial charge in [-0.15, -0.1) is 0 Å². The number of nitro benzene ring substituents is 1. The van der Waals surface area contributed by atoms with Crippen LogP contribution in [0.4, 0.5) is 11.4 Å². The number of ether oxygens (including phenoxy) is 3. The minimum Gasteiger partial charge on any atom is -0.492 e. The second-order valence-electron chi connectivity index (χ2n) is 13.0. The predicted octanol–water partition coefficient (Wildman–Crippen LogP) is 3.71. The molecule has 6 rings (SSSR count). The van der Waals surface area contributed by atoms with Gasteiger partial charge in [0.2, 0.25) is 10.0 Å². The molecule has 52 heavy (non-hydrogen) atoms. The van der Waals surface area contributed by atoms with Gasteiger partial charge in [0.25, 0.3) is 21.7 Å². The number of anilines is 1. The molecule has 3 heterocycles. The molecule has 0 spiro atoms. The Kier molecular flexibility index (Phi) is 11.2. The molecule has 280 valence electrons. The first-order valence-electron chi connectivity index (χ1n) is 16.7. The molecule has 2 N–H and O–H groups in total. The van der Waals surface area contributed by atoms with E-state index in [0.29, 0.717) is 42.0 Å². The number of sulfonamides is 1. The number of carbonyl (C=O) groups excluding carboxylic acids is 1. The molecule has 16 nitrogen and oxygen atoms in total. The van der Waals surface area contributed by atoms with Crippen molar-refractivity contribution >= 4 is 59.1 Å². The van der Waals surface area contributed by atoms with Crippen molar-refractivity contribution in [1.29, 1.82) is 0 Å². The predicted molar refractivity (Wildman–Crippen MR) is 193 cm³/mol. The number of hydrogen-bond acceptors (Lipinski definition) is 12. The Balaban J connectivity index is 1.32. The fourth-order valence-electron chi connectivity index (χ4n) is 6.41. The van der Waals surface area contributed by atoms with E-state index in [1.54, 1.807) is 24.3 Å². The van der Waals surface area contributed by atoms with Crippen LogP contribution in [0.2, 0.25) is 0 Å². The van der Waals surface area contributed by atoms with E-state index in [9.17, 15) is 31.7 Å². The first-order chi connectivity index (χ1) is 24.7. The van der Waals surface area contributed by atoms with E-state index in [1.807, 2.05) is 19.0 Å². The molecule has 18 heteroatoms. The van der Waals surface area contributed by atoms with Crippen LogP contribution < -0.4 is 14.4 Å². The number of fused-ring (bicyclic) bond motifs is 4. The van der Waals surface area contributed by atoms with E-state index in [2.05, 4.69) is 9.71 Å². The van der Waals surface area contributed by atoms with Crippen LogP contribution >= 0.6 is 0 Å². The van der Waals surface area contributed by atoms with E-state index in [1.165, 1.54) is 29.2 Å². The minimum atomic E-state index is -4.12. The number of aromatic amines is 1. The highest BCUT2D eigenvalue weighted by Gasteiger charge is 2.38. The van der Waals surface area contributed by atoms with Crippen LogP contribution in [0.3, 0.4) is 0 Å². The van der Waals surface area contributed by atoms with Crippen LogP contribution in [0, 0.1) is 10.1 Å². The highest BCUT2D eigenvalue weighted by atomic mass is 32.2. The average Bonchev–Trinajstić information content (AvgIpc) is 3.70. The third kappa shape index (κ3) is 8.54. The SMILES string of the molecule is CN(C)CCOc1ccc2[nH]c(C(=O)N3CC(COS(C)(=O)=O)c4c3cc([N+](=O)[O-])c3cc(S(=O)(=O)NCCOC5CCCCO5)ccc43)cc2c1. The molecule has 3 aromatic carbocycles. The molecule has 2 unspecified atom stereocenters. The van der Waals surface area contributed by atoms with Crippen LogP contribution in [-0.2, 0) is 33.8 Å². The van der Waals surface area contributed by atoms with Gasteiger partial charge in [0.15, 0.2) is 6.29 Å². The third-order valence-corrected chi connectivity index (χ3v) is 10.9. The third-order valence-electron chi connectivity index (χ3n) is 8.91. The van der Waals surface area contributed by atoms with E-state index < -0.39 is 48.9 Å². The number of nitrogens with one attached hydrogen (secondary N) is 2. The number of amides is 1. The van der Waals surface area contributed by atoms with Gasteiger partial charge in [-0.25, -0.2) is 13.1 Å². The van der Waals surface area contributed by atoms with Crippen LogP contribution in [0.1, 0.15) is 41.2 Å². The largest absolute Gasteiger partial charge is 0.492 e. The molecule has 1 aromatic heterocycles. The van der Waals surface area contributed by atoms with Crippen molar-refractivity contribution in [1.82, 2.24) is 14.6 Å². The summed E-state index contributed by atoms with van der Waals surface area (Å²) in [6.45, 7) is 1.38. The van der Waals surface area contributed by atoms with Gasteiger partial charge in [0.1, 0.15) is 18.1 Å². The van der Waals surface area contributed by atoms with Gasteiger partial charge in [0, 0.05) is 49.1 Å². The molecule has 2 aliphatic heterocycles. The summed E-state index contributed by atoms with van der Waals surface area (Å²) in [5, 5.41) is 13.5. The van der Waals surface area contributed by atoms with Gasteiger partial charge in [-0.2, -0.15) is 8.42 Å². The van der Waals surface area contributed by atoms with E-state index in [4.69, 9.17) is 18.4 Å². The monoisotopic (exact) mass is 759 g/mol. The maximum atomic E-state index is 14.1. The first-order valence-corrected chi connectivity index (χ1v) is 20.0. The van der Waals surface area contributed by atoms with Crippen molar-refractivity contribution in [3.8, 4) is 5.75 Å². The number of non-ortho nitro benzene ring substituents is 1. The second-order valence-corrected chi connectivity index (χ2v) is 16.5. The van der Waals surface area contributed by atoms with Crippen molar-refractivity contribution in [2.24, 2.45) is 0 Å². The molecule has 1 amide bonds. The smallest absolute Gasteiger partial charge is 0.279 e. The lowest BCUT2D eigenvalue weighted by Gasteiger charge is -2.22. The zero-order valence-corrected chi connectivity index (χ0v) is 30.6. The van der Waals surface area contributed by atoms with Crippen LogP contribution in [-0.4, -0.2) is 110 Å². The Hall–Kier alpha value is -4.17. The fraction of sp³-hybridized carbons (Fsp3) is 0.441. The summed E-state index contributed by atoms with van der Waals surface area (Å²) in [7, 11) is -4.13. The van der Waals surface area contributed by atoms with Crippen molar-refractivity contribution in [2.75, 3.05) is 71.3 Å². The molecule has 4 aromatic rings. The Morgan fingerprint density at radius 2 is 1.88 bits per heavy atom. The van der Waals surface area contributed by atoms with Gasteiger partial charge in [0.05, 0.1) is 40.4 Å². The maximum Gasteiger partial charge on any atom is 0.279 e. The number of benzene rings is 3. The van der Waals surface area contributed by atoms with Gasteiger partial charge < -0.3 is 29.0 Å². The van der Waals surface area contributed by atoms with Gasteiger partial charge in [-0.3, -0.25) is 19.1 Å². The fourth-order valence-corrected chi connectivity index (χ4v) is 7.86. The zero-order valence-electron chi connectivity index (χ0n) is 29.0. The standard InChI is InChI=1S/C34H41N5O11S2/c1-37(2)12-15-47-24-7-10-28-22(16-24)17-29(36-28)34(40)38-20-23(21-50-51(3,43)44)33-26-9-8-25(18-27(26)30(39(41)42)19-31(33)38)52(45,46)35-11-14-49-32-6-4-5-13-48-32/h7-10,16-19,23,32,35-36H,4-6,11-15,20-21H2,1-3H3. The summed E-state index contributed by atoms with van der Waals surface area (Å²) < 4.78 is 75.2.